The Morgan fingerprint density at radius 2 is 1.32 bits per heavy atom. The lowest BCUT2D eigenvalue weighted by atomic mass is 10.1. The van der Waals surface area contributed by atoms with Gasteiger partial charge in [-0.25, -0.2) is 4.79 Å². The van der Waals surface area contributed by atoms with Crippen LogP contribution in [0.4, 0.5) is 0 Å². The maximum atomic E-state index is 13.2. The minimum atomic E-state index is -1.02. The van der Waals surface area contributed by atoms with E-state index in [1.807, 2.05) is 0 Å². The molecule has 9 nitrogen and oxygen atoms in total. The fraction of sp³-hybridized carbons (Fsp3) is 0.688. The van der Waals surface area contributed by atoms with Gasteiger partial charge in [-0.15, -0.1) is 0 Å². The molecule has 0 saturated heterocycles. The van der Waals surface area contributed by atoms with E-state index in [1.54, 1.807) is 20.8 Å². The lowest BCUT2D eigenvalue weighted by molar-refractivity contribution is -0.159. The highest BCUT2D eigenvalue weighted by molar-refractivity contribution is 5.96. The highest BCUT2D eigenvalue weighted by Gasteiger charge is 2.26. The molecule has 0 aromatic heterocycles. The van der Waals surface area contributed by atoms with Crippen molar-refractivity contribution in [3.63, 3.8) is 0 Å². The highest BCUT2D eigenvalue weighted by atomic mass is 16.6. The van der Waals surface area contributed by atoms with E-state index >= 15 is 0 Å². The zero-order valence-electron chi connectivity index (χ0n) is 26.0. The van der Waals surface area contributed by atoms with Crippen LogP contribution in [0.25, 0.3) is 0 Å². The van der Waals surface area contributed by atoms with Crippen LogP contribution in [0.5, 0.6) is 0 Å². The van der Waals surface area contributed by atoms with Crippen molar-refractivity contribution in [1.82, 2.24) is 10.2 Å². The standard InChI is InChI=1S/C32H53N3O6/c1-6-7-8-9-10-11-12-13-14-15-16-17-22-35(24-28(36)41-32(2,3)4)30(38)27(33)23-34-29(37)25-18-20-26(21-19-25)31(39)40-5/h18-21,27H,6-17,22-24,33H2,1-5H3,(H,34,37)/t27-/m0/s1. The SMILES string of the molecule is CCCCCCCCCCCCCCN(CC(=O)OC(C)(C)C)C(=O)[C@@H](N)CNC(=O)c1ccc(C(=O)OC)cc1. The van der Waals surface area contributed by atoms with Crippen molar-refractivity contribution in [2.75, 3.05) is 26.7 Å². The van der Waals surface area contributed by atoms with Crippen molar-refractivity contribution in [3.05, 3.63) is 35.4 Å². The summed E-state index contributed by atoms with van der Waals surface area (Å²) in [4.78, 5) is 51.2. The van der Waals surface area contributed by atoms with Gasteiger partial charge in [0.15, 0.2) is 0 Å². The molecular weight excluding hydrogens is 522 g/mol. The number of nitrogens with one attached hydrogen (secondary N) is 1. The molecule has 0 aliphatic rings. The minimum Gasteiger partial charge on any atom is -0.465 e. The average Bonchev–Trinajstić information content (AvgIpc) is 2.93. The number of nitrogens with zero attached hydrogens (tertiary/aromatic N) is 1. The average molecular weight is 576 g/mol. The van der Waals surface area contributed by atoms with Crippen LogP contribution < -0.4 is 11.1 Å². The molecule has 0 fully saturated rings. The molecule has 0 aliphatic heterocycles. The number of ether oxygens (including phenoxy) is 2. The van der Waals surface area contributed by atoms with Crippen molar-refractivity contribution in [2.24, 2.45) is 5.73 Å². The number of methoxy groups -OCH3 is 1. The summed E-state index contributed by atoms with van der Waals surface area (Å²) < 4.78 is 10.1. The number of carbonyl (C=O) groups is 4. The van der Waals surface area contributed by atoms with Gasteiger partial charge in [-0.2, -0.15) is 0 Å². The van der Waals surface area contributed by atoms with Crippen molar-refractivity contribution in [3.8, 4) is 0 Å². The number of amides is 2. The first kappa shape index (κ1) is 36.1. The lowest BCUT2D eigenvalue weighted by Gasteiger charge is -2.27. The second-order valence-electron chi connectivity index (χ2n) is 11.6. The molecule has 1 rings (SSSR count). The summed E-state index contributed by atoms with van der Waals surface area (Å²) in [5.74, 6) is -1.83. The molecule has 9 heteroatoms. The molecule has 1 aromatic carbocycles. The minimum absolute atomic E-state index is 0.0975. The van der Waals surface area contributed by atoms with Crippen LogP contribution >= 0.6 is 0 Å². The summed E-state index contributed by atoms with van der Waals surface area (Å²) in [6.07, 6.45) is 14.4. The van der Waals surface area contributed by atoms with E-state index < -0.39 is 35.4 Å². The van der Waals surface area contributed by atoms with E-state index in [4.69, 9.17) is 10.5 Å². The Labute approximate surface area is 246 Å². The van der Waals surface area contributed by atoms with Gasteiger partial charge in [0.1, 0.15) is 18.2 Å². The van der Waals surface area contributed by atoms with Gasteiger partial charge in [0.2, 0.25) is 5.91 Å². The van der Waals surface area contributed by atoms with Crippen LogP contribution in [-0.4, -0.2) is 67.0 Å². The van der Waals surface area contributed by atoms with Crippen molar-refractivity contribution >= 4 is 23.8 Å². The Bertz CT molecular complexity index is 926. The Morgan fingerprint density at radius 1 is 0.829 bits per heavy atom. The normalized spacial score (nSPS) is 12.0. The van der Waals surface area contributed by atoms with Gasteiger partial charge >= 0.3 is 11.9 Å². The van der Waals surface area contributed by atoms with Crippen LogP contribution in [0.1, 0.15) is 125 Å². The Morgan fingerprint density at radius 3 is 1.80 bits per heavy atom. The molecule has 0 aliphatic carbocycles. The van der Waals surface area contributed by atoms with Gasteiger partial charge in [-0.3, -0.25) is 14.4 Å². The molecule has 232 valence electrons. The summed E-state index contributed by atoms with van der Waals surface area (Å²) in [7, 11) is 1.28. The summed E-state index contributed by atoms with van der Waals surface area (Å²) in [5, 5.41) is 2.66. The van der Waals surface area contributed by atoms with Gasteiger partial charge < -0.3 is 25.4 Å². The van der Waals surface area contributed by atoms with Crippen LogP contribution in [0, 0.1) is 0 Å². The quantitative estimate of drug-likeness (QED) is 0.157. The molecular formula is C32H53N3O6. The number of benzene rings is 1. The molecule has 1 aromatic rings. The molecule has 3 N–H and O–H groups in total. The van der Waals surface area contributed by atoms with Gasteiger partial charge in [0.25, 0.3) is 5.91 Å². The number of carbonyl (C=O) groups excluding carboxylic acids is 4. The van der Waals surface area contributed by atoms with Crippen LogP contribution in [0.15, 0.2) is 24.3 Å². The first-order valence-electron chi connectivity index (χ1n) is 15.2. The first-order chi connectivity index (χ1) is 19.5. The third-order valence-electron chi connectivity index (χ3n) is 6.70. The Kier molecular flexibility index (Phi) is 17.6. The number of rotatable bonds is 20. The molecule has 41 heavy (non-hydrogen) atoms. The molecule has 0 spiro atoms. The van der Waals surface area contributed by atoms with E-state index in [-0.39, 0.29) is 13.1 Å². The Hall–Kier alpha value is -2.94. The van der Waals surface area contributed by atoms with Crippen LogP contribution in [-0.2, 0) is 19.1 Å². The van der Waals surface area contributed by atoms with Crippen molar-refractivity contribution < 1.29 is 28.7 Å². The largest absolute Gasteiger partial charge is 0.465 e. The predicted molar refractivity (Wildman–Crippen MR) is 162 cm³/mol. The van der Waals surface area contributed by atoms with Crippen molar-refractivity contribution in [2.45, 2.75) is 116 Å². The predicted octanol–water partition coefficient (Wildman–Crippen LogP) is 5.40. The zero-order chi connectivity index (χ0) is 30.7. The third-order valence-corrected chi connectivity index (χ3v) is 6.70. The van der Waals surface area contributed by atoms with Gasteiger partial charge in [-0.05, 0) is 51.5 Å². The zero-order valence-corrected chi connectivity index (χ0v) is 26.0. The highest BCUT2D eigenvalue weighted by Crippen LogP contribution is 2.13. The number of esters is 2. The summed E-state index contributed by atoms with van der Waals surface area (Å²) in [6, 6.07) is 4.95. The fourth-order valence-corrected chi connectivity index (χ4v) is 4.44. The number of nitrogens with two attached hydrogens (primary N) is 1. The van der Waals surface area contributed by atoms with E-state index in [9.17, 15) is 19.2 Å². The lowest BCUT2D eigenvalue weighted by Crippen LogP contribution is -2.51. The fourth-order valence-electron chi connectivity index (χ4n) is 4.44. The maximum Gasteiger partial charge on any atom is 0.337 e. The second-order valence-corrected chi connectivity index (χ2v) is 11.6. The second kappa shape index (κ2) is 20.0. The molecule has 0 bridgehead atoms. The van der Waals surface area contributed by atoms with E-state index in [0.29, 0.717) is 17.7 Å². The van der Waals surface area contributed by atoms with Gasteiger partial charge in [-0.1, -0.05) is 77.6 Å². The molecule has 0 saturated carbocycles. The monoisotopic (exact) mass is 575 g/mol. The molecule has 0 radical (unpaired) electrons. The van der Waals surface area contributed by atoms with E-state index in [2.05, 4.69) is 17.0 Å². The summed E-state index contributed by atoms with van der Waals surface area (Å²) in [6.45, 7) is 7.68. The first-order valence-corrected chi connectivity index (χ1v) is 15.2. The van der Waals surface area contributed by atoms with Crippen LogP contribution in [0.3, 0.4) is 0 Å². The van der Waals surface area contributed by atoms with E-state index in [1.165, 1.54) is 94.1 Å². The molecule has 1 atom stereocenters. The smallest absolute Gasteiger partial charge is 0.337 e. The van der Waals surface area contributed by atoms with Gasteiger partial charge in [0, 0.05) is 18.7 Å². The maximum absolute atomic E-state index is 13.2. The Balaban J connectivity index is 2.54. The number of hydrogen-bond acceptors (Lipinski definition) is 7. The third kappa shape index (κ3) is 16.2. The molecule has 0 heterocycles. The molecule has 0 unspecified atom stereocenters. The summed E-state index contributed by atoms with van der Waals surface area (Å²) >= 11 is 0. The van der Waals surface area contributed by atoms with Crippen LogP contribution in [0.2, 0.25) is 0 Å². The van der Waals surface area contributed by atoms with E-state index in [0.717, 1.165) is 19.3 Å². The van der Waals surface area contributed by atoms with Crippen molar-refractivity contribution in [1.29, 1.82) is 0 Å². The summed E-state index contributed by atoms with van der Waals surface area (Å²) in [5.41, 5.74) is 6.13. The topological polar surface area (TPSA) is 128 Å². The number of hydrogen-bond donors (Lipinski definition) is 2. The number of unbranched alkanes of at least 4 members (excludes halogenated alkanes) is 11. The van der Waals surface area contributed by atoms with Gasteiger partial charge in [0.05, 0.1) is 12.7 Å². The molecule has 2 amide bonds.